The van der Waals surface area contributed by atoms with Gasteiger partial charge in [-0.3, -0.25) is 9.59 Å². The maximum atomic E-state index is 12.5. The Bertz CT molecular complexity index is 1340. The Morgan fingerprint density at radius 1 is 0.611 bits per heavy atom. The molecule has 2 amide bonds. The molecule has 0 heterocycles. The van der Waals surface area contributed by atoms with Crippen molar-refractivity contribution in [2.24, 2.45) is 11.5 Å². The van der Waals surface area contributed by atoms with Crippen LogP contribution in [-0.2, 0) is 0 Å². The maximum absolute atomic E-state index is 12.5. The molecule has 0 aliphatic carbocycles. The Kier molecular flexibility index (Phi) is 8.35. The van der Waals surface area contributed by atoms with E-state index in [4.69, 9.17) is 30.4 Å². The number of carbonyl (C=O) groups excluding carboxylic acids is 2. The summed E-state index contributed by atoms with van der Waals surface area (Å²) in [5, 5.41) is 0. The fourth-order valence-electron chi connectivity index (χ4n) is 3.72. The van der Waals surface area contributed by atoms with Crippen LogP contribution in [0.5, 0.6) is 23.0 Å². The number of hydrogen-bond acceptors (Lipinski definition) is 6. The summed E-state index contributed by atoms with van der Waals surface area (Å²) in [6.45, 7) is 0. The molecule has 4 N–H and O–H groups in total. The van der Waals surface area contributed by atoms with E-state index in [1.54, 1.807) is 82.0 Å². The first-order valence-corrected chi connectivity index (χ1v) is 10.9. The summed E-state index contributed by atoms with van der Waals surface area (Å²) >= 11 is 0. The van der Waals surface area contributed by atoms with E-state index in [0.717, 1.165) is 11.1 Å². The molecule has 0 atom stereocenters. The number of methoxy groups -OCH3 is 4. The van der Waals surface area contributed by atoms with E-state index in [0.29, 0.717) is 34.1 Å². The van der Waals surface area contributed by atoms with Crippen LogP contribution in [0.4, 0.5) is 0 Å². The van der Waals surface area contributed by atoms with Gasteiger partial charge in [-0.15, -0.1) is 0 Å². The molecule has 8 heteroatoms. The highest BCUT2D eigenvalue weighted by Gasteiger charge is 2.18. The molecule has 0 saturated carbocycles. The van der Waals surface area contributed by atoms with E-state index >= 15 is 0 Å². The first-order valence-electron chi connectivity index (χ1n) is 10.9. The van der Waals surface area contributed by atoms with Gasteiger partial charge in [0.2, 0.25) is 11.8 Å². The normalized spacial score (nSPS) is 11.0. The van der Waals surface area contributed by atoms with Gasteiger partial charge in [0.1, 0.15) is 0 Å². The lowest BCUT2D eigenvalue weighted by Gasteiger charge is -2.12. The first-order chi connectivity index (χ1) is 17.3. The van der Waals surface area contributed by atoms with Crippen LogP contribution in [-0.4, -0.2) is 40.3 Å². The quantitative estimate of drug-likeness (QED) is 0.411. The van der Waals surface area contributed by atoms with Crippen LogP contribution in [0.3, 0.4) is 0 Å². The minimum absolute atomic E-state index is 0.166. The third-order valence-corrected chi connectivity index (χ3v) is 5.50. The highest BCUT2D eigenvalue weighted by Crippen LogP contribution is 2.31. The molecule has 0 saturated heterocycles. The number of carbonyl (C=O) groups is 2. The number of primary amides is 2. The van der Waals surface area contributed by atoms with Crippen molar-refractivity contribution in [1.29, 1.82) is 0 Å². The van der Waals surface area contributed by atoms with E-state index in [1.807, 2.05) is 12.1 Å². The molecule has 0 fully saturated rings. The van der Waals surface area contributed by atoms with Crippen LogP contribution >= 0.6 is 0 Å². The summed E-state index contributed by atoms with van der Waals surface area (Å²) in [7, 11) is 6.20. The van der Waals surface area contributed by atoms with Crippen molar-refractivity contribution >= 4 is 36.1 Å². The van der Waals surface area contributed by atoms with Gasteiger partial charge in [-0.2, -0.15) is 0 Å². The summed E-state index contributed by atoms with van der Waals surface area (Å²) in [4.78, 5) is 24.7. The molecule has 8 nitrogen and oxygen atoms in total. The number of benzene rings is 3. The molecule has 0 aromatic heterocycles. The van der Waals surface area contributed by atoms with Crippen molar-refractivity contribution in [1.82, 2.24) is 0 Å². The highest BCUT2D eigenvalue weighted by atomic mass is 16.5. The zero-order chi connectivity index (χ0) is 26.2. The zero-order valence-corrected chi connectivity index (χ0v) is 20.5. The van der Waals surface area contributed by atoms with Gasteiger partial charge in [-0.25, -0.2) is 0 Å². The van der Waals surface area contributed by atoms with Crippen molar-refractivity contribution in [3.05, 3.63) is 81.9 Å². The predicted molar refractivity (Wildman–Crippen MR) is 140 cm³/mol. The molecule has 0 bridgehead atoms. The van der Waals surface area contributed by atoms with Crippen LogP contribution in [0.2, 0.25) is 0 Å². The third kappa shape index (κ3) is 5.67. The fourth-order valence-corrected chi connectivity index (χ4v) is 3.72. The second kappa shape index (κ2) is 11.6. The lowest BCUT2D eigenvalue weighted by molar-refractivity contribution is 0.0999. The van der Waals surface area contributed by atoms with E-state index in [2.05, 4.69) is 0 Å². The van der Waals surface area contributed by atoms with E-state index in [9.17, 15) is 9.59 Å². The number of rotatable bonds is 10. The number of ether oxygens (including phenoxy) is 4. The number of hydrogen-bond donors (Lipinski definition) is 2. The summed E-state index contributed by atoms with van der Waals surface area (Å²) < 4.78 is 21.2. The molecule has 3 aromatic carbocycles. The lowest BCUT2D eigenvalue weighted by atomic mass is 9.93. The molecule has 0 aliphatic heterocycles. The number of amides is 2. The minimum atomic E-state index is -0.697. The van der Waals surface area contributed by atoms with Gasteiger partial charge in [-0.05, 0) is 47.0 Å². The monoisotopic (exact) mass is 488 g/mol. The molecule has 3 rings (SSSR count). The lowest BCUT2D eigenvalue weighted by Crippen LogP contribution is -2.19. The van der Waals surface area contributed by atoms with E-state index in [1.165, 1.54) is 7.11 Å². The largest absolute Gasteiger partial charge is 0.493 e. The molecule has 0 unspecified atom stereocenters. The Labute approximate surface area is 209 Å². The van der Waals surface area contributed by atoms with Crippen molar-refractivity contribution < 1.29 is 28.5 Å². The second-order valence-electron chi connectivity index (χ2n) is 7.62. The predicted octanol–water partition coefficient (Wildman–Crippen LogP) is 4.26. The fraction of sp³-hybridized carbons (Fsp3) is 0.143. The molecule has 0 spiro atoms. The van der Waals surface area contributed by atoms with Gasteiger partial charge in [0.25, 0.3) is 0 Å². The summed E-state index contributed by atoms with van der Waals surface area (Å²) in [6, 6.07) is 14.0. The minimum Gasteiger partial charge on any atom is -0.493 e. The van der Waals surface area contributed by atoms with E-state index in [-0.39, 0.29) is 11.1 Å². The molecule has 0 radical (unpaired) electrons. The van der Waals surface area contributed by atoms with E-state index < -0.39 is 11.8 Å². The van der Waals surface area contributed by atoms with Gasteiger partial charge >= 0.3 is 0 Å². The van der Waals surface area contributed by atoms with Gasteiger partial charge in [0, 0.05) is 11.1 Å². The standard InChI is InChI=1S/C28H28N2O6/c1-33-22-13-7-17(15-24(22)35-3)5-9-19-10-12-21(27(29)31)20(26(19)28(30)32)11-6-18-8-14-23(34-2)25(16-18)36-4/h5-16H,1-4H3,(H2,29,31)(H2,30,32). The van der Waals surface area contributed by atoms with Crippen LogP contribution in [0.1, 0.15) is 43.0 Å². The SMILES string of the molecule is COc1ccc(C=Cc2ccc(C(N)=O)c(C=Cc3ccc(OC)c(OC)c3)c2C(N)=O)cc1OC. The van der Waals surface area contributed by atoms with Gasteiger partial charge < -0.3 is 30.4 Å². The topological polar surface area (TPSA) is 123 Å². The number of nitrogens with two attached hydrogens (primary N) is 2. The highest BCUT2D eigenvalue weighted by molar-refractivity contribution is 6.07. The van der Waals surface area contributed by atoms with Crippen molar-refractivity contribution in [2.45, 2.75) is 0 Å². The Hall–Kier alpha value is -4.72. The summed E-state index contributed by atoms with van der Waals surface area (Å²) in [6.07, 6.45) is 6.91. The third-order valence-electron chi connectivity index (χ3n) is 5.50. The molecular formula is C28H28N2O6. The average molecular weight is 489 g/mol. The Morgan fingerprint density at radius 2 is 1.11 bits per heavy atom. The molecule has 3 aromatic rings. The average Bonchev–Trinajstić information content (AvgIpc) is 2.89. The Morgan fingerprint density at radius 3 is 1.56 bits per heavy atom. The molecular weight excluding hydrogens is 460 g/mol. The van der Waals surface area contributed by atoms with Crippen molar-refractivity contribution in [3.63, 3.8) is 0 Å². The summed E-state index contributed by atoms with van der Waals surface area (Å²) in [5.41, 5.74) is 14.1. The van der Waals surface area contributed by atoms with Gasteiger partial charge in [0.15, 0.2) is 23.0 Å². The summed E-state index contributed by atoms with van der Waals surface area (Å²) in [5.74, 6) is 0.902. The van der Waals surface area contributed by atoms with Gasteiger partial charge in [0.05, 0.1) is 34.0 Å². The molecule has 36 heavy (non-hydrogen) atoms. The van der Waals surface area contributed by atoms with Gasteiger partial charge in [-0.1, -0.05) is 42.5 Å². The first kappa shape index (κ1) is 25.9. The Balaban J connectivity index is 2.09. The zero-order valence-electron chi connectivity index (χ0n) is 20.5. The van der Waals surface area contributed by atoms with Crippen LogP contribution in [0, 0.1) is 0 Å². The van der Waals surface area contributed by atoms with Crippen LogP contribution < -0.4 is 30.4 Å². The van der Waals surface area contributed by atoms with Crippen molar-refractivity contribution in [3.8, 4) is 23.0 Å². The van der Waals surface area contributed by atoms with Crippen LogP contribution in [0.25, 0.3) is 24.3 Å². The maximum Gasteiger partial charge on any atom is 0.249 e. The second-order valence-corrected chi connectivity index (χ2v) is 7.62. The van der Waals surface area contributed by atoms with Crippen molar-refractivity contribution in [2.75, 3.05) is 28.4 Å². The molecule has 0 aliphatic rings. The molecule has 186 valence electrons. The smallest absolute Gasteiger partial charge is 0.249 e. The van der Waals surface area contributed by atoms with Crippen LogP contribution in [0.15, 0.2) is 48.5 Å².